The normalized spacial score (nSPS) is 23.1. The molecule has 1 saturated heterocycles. The quantitative estimate of drug-likeness (QED) is 0.720. The molecule has 0 aliphatic carbocycles. The molecule has 1 aromatic rings. The average molecular weight is 230 g/mol. The van der Waals surface area contributed by atoms with Crippen LogP contribution in [0.5, 0.6) is 0 Å². The molecule has 2 heterocycles. The van der Waals surface area contributed by atoms with Crippen LogP contribution in [0.4, 0.5) is 0 Å². The average Bonchev–Trinajstić information content (AvgIpc) is 2.76. The number of hydrogen-bond donors (Lipinski definition) is 0. The van der Waals surface area contributed by atoms with Crippen LogP contribution in [0.1, 0.15) is 23.3 Å². The Morgan fingerprint density at radius 1 is 1.64 bits per heavy atom. The minimum atomic E-state index is 0.608. The number of likely N-dealkylation sites (tertiary alicyclic amines) is 1. The van der Waals surface area contributed by atoms with Gasteiger partial charge in [0.2, 0.25) is 0 Å². The van der Waals surface area contributed by atoms with Gasteiger partial charge >= 0.3 is 0 Å². The van der Waals surface area contributed by atoms with Crippen molar-refractivity contribution in [2.24, 2.45) is 0 Å². The fraction of sp³-hybridized carbons (Fsp3) is 0.636. The molecule has 14 heavy (non-hydrogen) atoms. The van der Waals surface area contributed by atoms with Gasteiger partial charge in [0.25, 0.3) is 0 Å². The van der Waals surface area contributed by atoms with E-state index in [0.29, 0.717) is 6.04 Å². The third kappa shape index (κ3) is 2.30. The summed E-state index contributed by atoms with van der Waals surface area (Å²) in [7, 11) is 0. The molecule has 1 fully saturated rings. The first-order valence-corrected chi connectivity index (χ1v) is 6.55. The van der Waals surface area contributed by atoms with Crippen molar-refractivity contribution in [2.45, 2.75) is 32.4 Å². The van der Waals surface area contributed by atoms with Gasteiger partial charge in [-0.1, -0.05) is 0 Å². The topological polar surface area (TPSA) is 3.24 Å². The number of rotatable bonds is 3. The lowest BCUT2D eigenvalue weighted by Gasteiger charge is -2.21. The van der Waals surface area contributed by atoms with Gasteiger partial charge in [0.15, 0.2) is 0 Å². The van der Waals surface area contributed by atoms with E-state index >= 15 is 0 Å². The minimum absolute atomic E-state index is 0.608. The van der Waals surface area contributed by atoms with E-state index in [1.54, 1.807) is 0 Å². The number of aryl methyl sites for hydroxylation is 1. The highest BCUT2D eigenvalue weighted by molar-refractivity contribution is 7.10. The molecule has 1 aromatic heterocycles. The van der Waals surface area contributed by atoms with Gasteiger partial charge in [-0.15, -0.1) is 22.9 Å². The van der Waals surface area contributed by atoms with Crippen LogP contribution in [0, 0.1) is 6.92 Å². The summed E-state index contributed by atoms with van der Waals surface area (Å²) in [5.41, 5.74) is 1.45. The summed E-state index contributed by atoms with van der Waals surface area (Å²) in [5, 5.41) is 2.26. The molecule has 0 N–H and O–H groups in total. The van der Waals surface area contributed by atoms with Crippen molar-refractivity contribution in [1.29, 1.82) is 0 Å². The second-order valence-corrected chi connectivity index (χ2v) is 5.41. The molecule has 0 spiro atoms. The molecule has 1 nitrogen and oxygen atoms in total. The van der Waals surface area contributed by atoms with E-state index in [9.17, 15) is 0 Å². The van der Waals surface area contributed by atoms with Gasteiger partial charge in [-0.25, -0.2) is 0 Å². The maximum absolute atomic E-state index is 5.93. The zero-order valence-corrected chi connectivity index (χ0v) is 10.1. The summed E-state index contributed by atoms with van der Waals surface area (Å²) >= 11 is 7.77. The Hall–Kier alpha value is -0.0500. The van der Waals surface area contributed by atoms with E-state index in [4.69, 9.17) is 11.6 Å². The Bertz CT molecular complexity index is 297. The molecule has 3 heteroatoms. The molecule has 0 aromatic carbocycles. The maximum atomic E-state index is 5.93. The summed E-state index contributed by atoms with van der Waals surface area (Å²) in [6.45, 7) is 4.46. The van der Waals surface area contributed by atoms with Gasteiger partial charge in [0, 0.05) is 23.3 Å². The fourth-order valence-corrected chi connectivity index (χ4v) is 3.14. The van der Waals surface area contributed by atoms with Crippen LogP contribution in [-0.4, -0.2) is 23.4 Å². The number of nitrogens with zero attached hydrogens (tertiary/aromatic N) is 1. The molecule has 0 radical (unpaired) electrons. The molecular formula is C11H16ClNS. The first-order chi connectivity index (χ1) is 6.79. The molecule has 0 amide bonds. The smallest absolute Gasteiger partial charge is 0.0379 e. The Morgan fingerprint density at radius 3 is 3.14 bits per heavy atom. The lowest BCUT2D eigenvalue weighted by atomic mass is 10.2. The summed E-state index contributed by atoms with van der Waals surface area (Å²) in [6, 6.07) is 2.89. The molecule has 1 atom stereocenters. The summed E-state index contributed by atoms with van der Waals surface area (Å²) in [4.78, 5) is 3.91. The minimum Gasteiger partial charge on any atom is -0.295 e. The Balaban J connectivity index is 1.96. The van der Waals surface area contributed by atoms with Crippen LogP contribution < -0.4 is 0 Å². The van der Waals surface area contributed by atoms with E-state index in [-0.39, 0.29) is 0 Å². The van der Waals surface area contributed by atoms with Gasteiger partial charge in [-0.2, -0.15) is 0 Å². The van der Waals surface area contributed by atoms with Crippen molar-refractivity contribution >= 4 is 22.9 Å². The molecule has 0 saturated carbocycles. The number of halogens is 1. The third-order valence-corrected chi connectivity index (χ3v) is 4.11. The van der Waals surface area contributed by atoms with E-state index in [0.717, 1.165) is 12.4 Å². The highest BCUT2D eigenvalue weighted by atomic mass is 35.5. The predicted molar refractivity (Wildman–Crippen MR) is 63.2 cm³/mol. The largest absolute Gasteiger partial charge is 0.295 e. The number of alkyl halides is 1. The van der Waals surface area contributed by atoms with E-state index in [1.807, 2.05) is 11.3 Å². The van der Waals surface area contributed by atoms with Crippen molar-refractivity contribution < 1.29 is 0 Å². The van der Waals surface area contributed by atoms with E-state index in [1.165, 1.54) is 29.8 Å². The number of thiophene rings is 1. The van der Waals surface area contributed by atoms with Gasteiger partial charge in [0.1, 0.15) is 0 Å². The standard InChI is InChI=1S/C11H16ClNS/c1-9-5-10(8-14-9)7-13-4-2-3-11(13)6-12/h5,8,11H,2-4,6-7H2,1H3. The molecular weight excluding hydrogens is 214 g/mol. The highest BCUT2D eigenvalue weighted by Gasteiger charge is 2.23. The van der Waals surface area contributed by atoms with Crippen LogP contribution in [0.25, 0.3) is 0 Å². The lowest BCUT2D eigenvalue weighted by Crippen LogP contribution is -2.29. The van der Waals surface area contributed by atoms with Crippen molar-refractivity contribution in [3.05, 3.63) is 21.9 Å². The molecule has 78 valence electrons. The van der Waals surface area contributed by atoms with Gasteiger partial charge in [-0.3, -0.25) is 4.90 Å². The Morgan fingerprint density at radius 2 is 2.50 bits per heavy atom. The second-order valence-electron chi connectivity index (χ2n) is 3.99. The van der Waals surface area contributed by atoms with Crippen LogP contribution in [0.15, 0.2) is 11.4 Å². The van der Waals surface area contributed by atoms with Gasteiger partial charge < -0.3 is 0 Å². The van der Waals surface area contributed by atoms with Gasteiger partial charge in [-0.05, 0) is 43.3 Å². The summed E-state index contributed by atoms with van der Waals surface area (Å²) < 4.78 is 0. The second kappa shape index (κ2) is 4.65. The van der Waals surface area contributed by atoms with Crippen molar-refractivity contribution in [3.8, 4) is 0 Å². The summed E-state index contributed by atoms with van der Waals surface area (Å²) in [5.74, 6) is 0.781. The van der Waals surface area contributed by atoms with Crippen molar-refractivity contribution in [3.63, 3.8) is 0 Å². The van der Waals surface area contributed by atoms with Crippen LogP contribution in [0.3, 0.4) is 0 Å². The Kier molecular flexibility index (Phi) is 3.47. The maximum Gasteiger partial charge on any atom is 0.0379 e. The van der Waals surface area contributed by atoms with Crippen LogP contribution in [0.2, 0.25) is 0 Å². The monoisotopic (exact) mass is 229 g/mol. The highest BCUT2D eigenvalue weighted by Crippen LogP contribution is 2.22. The molecule has 1 aliphatic heterocycles. The SMILES string of the molecule is Cc1cc(CN2CCCC2CCl)cs1. The van der Waals surface area contributed by atoms with Crippen LogP contribution in [-0.2, 0) is 6.54 Å². The van der Waals surface area contributed by atoms with Gasteiger partial charge in [0.05, 0.1) is 0 Å². The zero-order chi connectivity index (χ0) is 9.97. The molecule has 0 bridgehead atoms. The zero-order valence-electron chi connectivity index (χ0n) is 8.50. The van der Waals surface area contributed by atoms with Crippen LogP contribution >= 0.6 is 22.9 Å². The van der Waals surface area contributed by atoms with E-state index < -0.39 is 0 Å². The summed E-state index contributed by atoms with van der Waals surface area (Å²) in [6.07, 6.45) is 2.58. The first-order valence-electron chi connectivity index (χ1n) is 5.13. The Labute approximate surface area is 94.7 Å². The fourth-order valence-electron chi connectivity index (χ4n) is 2.09. The van der Waals surface area contributed by atoms with E-state index in [2.05, 4.69) is 23.3 Å². The first kappa shape index (κ1) is 10.5. The molecule has 2 rings (SSSR count). The number of hydrogen-bond acceptors (Lipinski definition) is 2. The van der Waals surface area contributed by atoms with Crippen molar-refractivity contribution in [1.82, 2.24) is 4.90 Å². The predicted octanol–water partition coefficient (Wildman–Crippen LogP) is 3.26. The molecule has 1 aliphatic rings. The molecule has 1 unspecified atom stereocenters. The third-order valence-electron chi connectivity index (χ3n) is 2.85. The van der Waals surface area contributed by atoms with Crippen molar-refractivity contribution in [2.75, 3.05) is 12.4 Å². The lowest BCUT2D eigenvalue weighted by molar-refractivity contribution is 0.263.